The van der Waals surface area contributed by atoms with Crippen LogP contribution in [0.15, 0.2) is 24.5 Å². The van der Waals surface area contributed by atoms with E-state index in [0.29, 0.717) is 9.26 Å². The summed E-state index contributed by atoms with van der Waals surface area (Å²) in [7, 11) is 0. The van der Waals surface area contributed by atoms with Gasteiger partial charge in [0.15, 0.2) is 0 Å². The molecule has 1 aromatic heterocycles. The van der Waals surface area contributed by atoms with E-state index >= 15 is 0 Å². The molecule has 0 atom stereocenters. The van der Waals surface area contributed by atoms with Crippen LogP contribution >= 0.6 is 22.6 Å². The maximum Gasteiger partial charge on any atom is 0.246 e. The average molecular weight is 347 g/mol. The van der Waals surface area contributed by atoms with Crippen molar-refractivity contribution in [2.24, 2.45) is 0 Å². The van der Waals surface area contributed by atoms with Crippen LogP contribution in [0.4, 0.5) is 10.1 Å². The van der Waals surface area contributed by atoms with Gasteiger partial charge >= 0.3 is 0 Å². The number of nitrogens with one attached hydrogen (secondary N) is 1. The first-order chi connectivity index (χ1) is 8.15. The minimum atomic E-state index is -0.340. The van der Waals surface area contributed by atoms with Gasteiger partial charge in [0.2, 0.25) is 5.91 Å². The second kappa shape index (κ2) is 5.17. The summed E-state index contributed by atoms with van der Waals surface area (Å²) >= 11 is 1.95. The zero-order chi connectivity index (χ0) is 12.3. The second-order valence-electron chi connectivity index (χ2n) is 3.18. The van der Waals surface area contributed by atoms with Crippen molar-refractivity contribution in [3.8, 4) is 0 Å². The van der Waals surface area contributed by atoms with E-state index < -0.39 is 0 Å². The molecular weight excluding hydrogens is 340 g/mol. The Morgan fingerprint density at radius 2 is 2.35 bits per heavy atom. The fourth-order valence-corrected chi connectivity index (χ4v) is 1.79. The monoisotopic (exact) mass is 347 g/mol. The first-order valence-corrected chi connectivity index (χ1v) is 5.69. The molecule has 0 spiro atoms. The largest absolute Gasteiger partial charge is 0.324 e. The zero-order valence-electron chi connectivity index (χ0n) is 8.47. The summed E-state index contributed by atoms with van der Waals surface area (Å²) in [5, 5.41) is 13.0. The topological polar surface area (TPSA) is 72.7 Å². The van der Waals surface area contributed by atoms with Gasteiger partial charge < -0.3 is 5.32 Å². The normalized spacial score (nSPS) is 10.2. The van der Waals surface area contributed by atoms with Crippen LogP contribution in [-0.2, 0) is 11.3 Å². The predicted octanol–water partition coefficient (Wildman–Crippen LogP) is 1.06. The molecule has 8 heteroatoms. The number of carbonyl (C=O) groups is 1. The summed E-state index contributed by atoms with van der Waals surface area (Å²) in [5.41, 5.74) is 0.560. The fraction of sp³-hybridized carbons (Fsp3) is 0.111. The number of tetrazole rings is 1. The standard InChI is InChI=1S/C9H7FIN5O/c10-6-1-2-8(7(11)3-6)13-9(17)4-16-5-12-14-15-16/h1-3,5H,4H2,(H,13,17). The van der Waals surface area contributed by atoms with Crippen molar-refractivity contribution in [2.75, 3.05) is 5.32 Å². The van der Waals surface area contributed by atoms with E-state index in [-0.39, 0.29) is 18.3 Å². The number of carbonyl (C=O) groups excluding carboxylic acids is 1. The van der Waals surface area contributed by atoms with E-state index in [0.717, 1.165) is 0 Å². The third-order valence-corrected chi connectivity index (χ3v) is 2.79. The van der Waals surface area contributed by atoms with Crippen LogP contribution in [-0.4, -0.2) is 26.1 Å². The molecule has 1 aromatic carbocycles. The second-order valence-corrected chi connectivity index (χ2v) is 4.34. The molecule has 0 fully saturated rings. The van der Waals surface area contributed by atoms with Crippen molar-refractivity contribution in [1.29, 1.82) is 0 Å². The molecule has 0 unspecified atom stereocenters. The quantitative estimate of drug-likeness (QED) is 0.843. The SMILES string of the molecule is O=C(Cn1cnnn1)Nc1ccc(F)cc1I. The Balaban J connectivity index is 2.03. The van der Waals surface area contributed by atoms with Gasteiger partial charge in [0, 0.05) is 3.57 Å². The van der Waals surface area contributed by atoms with Crippen molar-refractivity contribution >= 4 is 34.2 Å². The summed E-state index contributed by atoms with van der Waals surface area (Å²) in [6.45, 7) is 0.0143. The lowest BCUT2D eigenvalue weighted by Crippen LogP contribution is -2.19. The highest BCUT2D eigenvalue weighted by Gasteiger charge is 2.07. The molecule has 2 aromatic rings. The Labute approximate surface area is 109 Å². The third-order valence-electron chi connectivity index (χ3n) is 1.90. The lowest BCUT2D eigenvalue weighted by molar-refractivity contribution is -0.116. The predicted molar refractivity (Wildman–Crippen MR) is 65.6 cm³/mol. The number of nitrogens with zero attached hydrogens (tertiary/aromatic N) is 4. The van der Waals surface area contributed by atoms with Gasteiger partial charge in [-0.3, -0.25) is 4.79 Å². The van der Waals surface area contributed by atoms with E-state index in [2.05, 4.69) is 20.8 Å². The number of amides is 1. The number of aromatic nitrogens is 4. The van der Waals surface area contributed by atoms with Crippen LogP contribution < -0.4 is 5.32 Å². The van der Waals surface area contributed by atoms with Crippen molar-refractivity contribution in [3.05, 3.63) is 33.9 Å². The number of anilines is 1. The van der Waals surface area contributed by atoms with E-state index in [9.17, 15) is 9.18 Å². The number of hydrogen-bond acceptors (Lipinski definition) is 4. The summed E-state index contributed by atoms with van der Waals surface area (Å²) < 4.78 is 14.8. The minimum Gasteiger partial charge on any atom is -0.324 e. The Kier molecular flexibility index (Phi) is 3.61. The molecule has 0 aliphatic rings. The van der Waals surface area contributed by atoms with Gasteiger partial charge in [-0.05, 0) is 51.2 Å². The molecule has 0 saturated carbocycles. The van der Waals surface area contributed by atoms with E-state index in [1.54, 1.807) is 0 Å². The maximum atomic E-state index is 12.8. The van der Waals surface area contributed by atoms with Gasteiger partial charge in [-0.2, -0.15) is 0 Å². The van der Waals surface area contributed by atoms with Gasteiger partial charge in [0.1, 0.15) is 18.7 Å². The van der Waals surface area contributed by atoms with Crippen LogP contribution in [0.1, 0.15) is 0 Å². The molecule has 88 valence electrons. The first-order valence-electron chi connectivity index (χ1n) is 4.61. The lowest BCUT2D eigenvalue weighted by Gasteiger charge is -2.06. The highest BCUT2D eigenvalue weighted by atomic mass is 127. The molecule has 1 heterocycles. The molecular formula is C9H7FIN5O. The zero-order valence-corrected chi connectivity index (χ0v) is 10.6. The van der Waals surface area contributed by atoms with E-state index in [1.165, 1.54) is 29.2 Å². The Hall–Kier alpha value is -1.58. The summed E-state index contributed by atoms with van der Waals surface area (Å²) in [6, 6.07) is 4.14. The van der Waals surface area contributed by atoms with Crippen LogP contribution in [0, 0.1) is 9.39 Å². The highest BCUT2D eigenvalue weighted by Crippen LogP contribution is 2.18. The van der Waals surface area contributed by atoms with Gasteiger partial charge in [0.05, 0.1) is 5.69 Å². The van der Waals surface area contributed by atoms with Crippen LogP contribution in [0.3, 0.4) is 0 Å². The van der Waals surface area contributed by atoms with Gasteiger partial charge in [-0.15, -0.1) is 5.10 Å². The van der Waals surface area contributed by atoms with Crippen LogP contribution in [0.2, 0.25) is 0 Å². The van der Waals surface area contributed by atoms with E-state index in [1.807, 2.05) is 22.6 Å². The Morgan fingerprint density at radius 1 is 1.53 bits per heavy atom. The highest BCUT2D eigenvalue weighted by molar-refractivity contribution is 14.1. The van der Waals surface area contributed by atoms with Gasteiger partial charge in [-0.1, -0.05) is 0 Å². The maximum absolute atomic E-state index is 12.8. The molecule has 0 bridgehead atoms. The molecule has 0 radical (unpaired) electrons. The van der Waals surface area contributed by atoms with Gasteiger partial charge in [-0.25, -0.2) is 9.07 Å². The average Bonchev–Trinajstić information content (AvgIpc) is 2.75. The molecule has 0 saturated heterocycles. The van der Waals surface area contributed by atoms with Crippen LogP contribution in [0.25, 0.3) is 0 Å². The number of hydrogen-bond donors (Lipinski definition) is 1. The molecule has 1 N–H and O–H groups in total. The summed E-state index contributed by atoms with van der Waals surface area (Å²) in [4.78, 5) is 11.6. The number of rotatable bonds is 3. The van der Waals surface area contributed by atoms with Crippen LogP contribution in [0.5, 0.6) is 0 Å². The summed E-state index contributed by atoms with van der Waals surface area (Å²) in [5.74, 6) is -0.616. The number of halogens is 2. The first kappa shape index (κ1) is 11.9. The van der Waals surface area contributed by atoms with Gasteiger partial charge in [0.25, 0.3) is 0 Å². The Bertz CT molecular complexity index is 530. The molecule has 2 rings (SSSR count). The number of benzene rings is 1. The van der Waals surface area contributed by atoms with Crippen molar-refractivity contribution < 1.29 is 9.18 Å². The molecule has 0 aliphatic carbocycles. The van der Waals surface area contributed by atoms with Crippen molar-refractivity contribution in [1.82, 2.24) is 20.2 Å². The fourth-order valence-electron chi connectivity index (χ4n) is 1.18. The molecule has 0 aliphatic heterocycles. The minimum absolute atomic E-state index is 0.0143. The lowest BCUT2D eigenvalue weighted by atomic mass is 10.3. The molecule has 6 nitrogen and oxygen atoms in total. The molecule has 17 heavy (non-hydrogen) atoms. The Morgan fingerprint density at radius 3 is 3.00 bits per heavy atom. The van der Waals surface area contributed by atoms with Crippen molar-refractivity contribution in [2.45, 2.75) is 6.54 Å². The van der Waals surface area contributed by atoms with E-state index in [4.69, 9.17) is 0 Å². The van der Waals surface area contributed by atoms with Crippen molar-refractivity contribution in [3.63, 3.8) is 0 Å². The molecule has 1 amide bonds. The summed E-state index contributed by atoms with van der Waals surface area (Å²) in [6.07, 6.45) is 1.34. The third kappa shape index (κ3) is 3.19. The smallest absolute Gasteiger partial charge is 0.246 e.